The average Bonchev–Trinajstić information content (AvgIpc) is 3.54. The molecule has 2 aliphatic rings. The SMILES string of the molecule is COCCNCCC(=O)NC1SC2=CN=CCC2C1c1nc2c(-n3cnc(C)c3)cccc2s1.Cl.Cl.Cl. The van der Waals surface area contributed by atoms with Crippen LogP contribution in [-0.2, 0) is 9.53 Å². The number of hydrogen-bond acceptors (Lipinski definition) is 8. The summed E-state index contributed by atoms with van der Waals surface area (Å²) in [6.07, 6.45) is 9.05. The van der Waals surface area contributed by atoms with Gasteiger partial charge in [0.25, 0.3) is 0 Å². The van der Waals surface area contributed by atoms with Crippen LogP contribution in [0.15, 0.2) is 46.8 Å². The molecule has 37 heavy (non-hydrogen) atoms. The number of fused-ring (bicyclic) bond motifs is 2. The van der Waals surface area contributed by atoms with Gasteiger partial charge in [0.1, 0.15) is 10.5 Å². The fraction of sp³-hybridized carbons (Fsp3) is 0.417. The number of carbonyl (C=O) groups excluding carboxylic acids is 1. The lowest BCUT2D eigenvalue weighted by Gasteiger charge is -2.22. The molecular formula is C24H31Cl3N6O2S2. The van der Waals surface area contributed by atoms with E-state index in [1.54, 1.807) is 30.2 Å². The van der Waals surface area contributed by atoms with Gasteiger partial charge in [-0.1, -0.05) is 6.07 Å². The molecule has 0 bridgehead atoms. The molecule has 8 nitrogen and oxygen atoms in total. The lowest BCUT2D eigenvalue weighted by Crippen LogP contribution is -2.37. The molecule has 5 rings (SSSR count). The van der Waals surface area contributed by atoms with E-state index in [4.69, 9.17) is 9.72 Å². The topological polar surface area (TPSA) is 93.4 Å². The first-order valence-electron chi connectivity index (χ1n) is 11.4. The van der Waals surface area contributed by atoms with Crippen LogP contribution in [0, 0.1) is 12.8 Å². The van der Waals surface area contributed by atoms with Gasteiger partial charge in [0, 0.05) is 62.0 Å². The van der Waals surface area contributed by atoms with E-state index in [1.807, 2.05) is 36.4 Å². The van der Waals surface area contributed by atoms with Crippen LogP contribution < -0.4 is 10.6 Å². The minimum Gasteiger partial charge on any atom is -0.383 e. The van der Waals surface area contributed by atoms with Gasteiger partial charge in [-0.3, -0.25) is 9.79 Å². The van der Waals surface area contributed by atoms with E-state index < -0.39 is 0 Å². The summed E-state index contributed by atoms with van der Waals surface area (Å²) in [6, 6.07) is 6.25. The lowest BCUT2D eigenvalue weighted by atomic mass is 9.89. The Bertz CT molecular complexity index is 1250. The van der Waals surface area contributed by atoms with E-state index in [-0.39, 0.29) is 60.3 Å². The van der Waals surface area contributed by atoms with Crippen LogP contribution in [0.1, 0.15) is 29.5 Å². The monoisotopic (exact) mass is 604 g/mol. The number of carbonyl (C=O) groups is 1. The van der Waals surface area contributed by atoms with Crippen molar-refractivity contribution in [2.75, 3.05) is 26.8 Å². The van der Waals surface area contributed by atoms with Crippen molar-refractivity contribution in [3.63, 3.8) is 0 Å². The van der Waals surface area contributed by atoms with Crippen molar-refractivity contribution in [3.05, 3.63) is 52.5 Å². The van der Waals surface area contributed by atoms with Gasteiger partial charge in [0.15, 0.2) is 0 Å². The Kier molecular flexibility index (Phi) is 12.4. The minimum atomic E-state index is -0.0658. The highest BCUT2D eigenvalue weighted by molar-refractivity contribution is 8.04. The van der Waals surface area contributed by atoms with Crippen molar-refractivity contribution in [1.82, 2.24) is 25.2 Å². The lowest BCUT2D eigenvalue weighted by molar-refractivity contribution is -0.121. The number of thioether (sulfide) groups is 1. The third-order valence-electron chi connectivity index (χ3n) is 6.06. The second kappa shape index (κ2) is 14.5. The Labute approximate surface area is 243 Å². The molecule has 3 aromatic rings. The van der Waals surface area contributed by atoms with Gasteiger partial charge in [0.2, 0.25) is 5.91 Å². The average molecular weight is 606 g/mol. The predicted molar refractivity (Wildman–Crippen MR) is 160 cm³/mol. The number of methoxy groups -OCH3 is 1. The van der Waals surface area contributed by atoms with Gasteiger partial charge < -0.3 is 19.9 Å². The van der Waals surface area contributed by atoms with E-state index in [0.29, 0.717) is 19.6 Å². The maximum atomic E-state index is 12.8. The molecule has 0 saturated carbocycles. The van der Waals surface area contributed by atoms with Crippen molar-refractivity contribution < 1.29 is 9.53 Å². The Balaban J connectivity index is 0.00000160. The number of imidazole rings is 1. The van der Waals surface area contributed by atoms with E-state index in [0.717, 1.165) is 39.6 Å². The van der Waals surface area contributed by atoms with Crippen LogP contribution in [0.4, 0.5) is 0 Å². The molecule has 1 fully saturated rings. The number of hydrogen-bond donors (Lipinski definition) is 2. The number of aromatic nitrogens is 3. The number of ether oxygens (including phenoxy) is 1. The number of allylic oxidation sites excluding steroid dienone is 1. The highest BCUT2D eigenvalue weighted by Crippen LogP contribution is 2.53. The minimum absolute atomic E-state index is 0. The largest absolute Gasteiger partial charge is 0.383 e. The molecule has 3 atom stereocenters. The summed E-state index contributed by atoms with van der Waals surface area (Å²) in [4.78, 5) is 27.9. The molecule has 2 aliphatic heterocycles. The highest BCUT2D eigenvalue weighted by atomic mass is 35.5. The van der Waals surface area contributed by atoms with Gasteiger partial charge in [-0.2, -0.15) is 0 Å². The van der Waals surface area contributed by atoms with Crippen molar-refractivity contribution >= 4 is 82.7 Å². The summed E-state index contributed by atoms with van der Waals surface area (Å²) >= 11 is 3.43. The molecule has 1 saturated heterocycles. The molecule has 1 aromatic carbocycles. The Morgan fingerprint density at radius 3 is 2.84 bits per heavy atom. The third kappa shape index (κ3) is 7.06. The molecule has 1 amide bonds. The zero-order chi connectivity index (χ0) is 23.5. The van der Waals surface area contributed by atoms with E-state index in [1.165, 1.54) is 4.91 Å². The molecule has 13 heteroatoms. The van der Waals surface area contributed by atoms with E-state index in [2.05, 4.69) is 38.8 Å². The summed E-state index contributed by atoms with van der Waals surface area (Å²) < 4.78 is 8.21. The number of nitrogens with zero attached hydrogens (tertiary/aromatic N) is 4. The Hall–Kier alpha value is -1.66. The van der Waals surface area contributed by atoms with Crippen molar-refractivity contribution in [1.29, 1.82) is 0 Å². The van der Waals surface area contributed by atoms with Crippen LogP contribution in [0.25, 0.3) is 15.9 Å². The third-order valence-corrected chi connectivity index (χ3v) is 8.53. The molecule has 202 valence electrons. The van der Waals surface area contributed by atoms with Crippen LogP contribution in [0.5, 0.6) is 0 Å². The number of halogens is 3. The van der Waals surface area contributed by atoms with Crippen molar-refractivity contribution in [2.24, 2.45) is 10.9 Å². The number of para-hydroxylation sites is 1. The maximum Gasteiger partial charge on any atom is 0.222 e. The Morgan fingerprint density at radius 2 is 2.08 bits per heavy atom. The number of rotatable bonds is 9. The molecule has 4 heterocycles. The quantitative estimate of drug-likeness (QED) is 0.338. The number of thiazole rings is 1. The second-order valence-electron chi connectivity index (χ2n) is 8.43. The first-order chi connectivity index (χ1) is 16.6. The number of aliphatic imine (C=N–C) groups is 1. The summed E-state index contributed by atoms with van der Waals surface area (Å²) in [5, 5.41) is 7.50. The van der Waals surface area contributed by atoms with Gasteiger partial charge in [-0.05, 0) is 25.5 Å². The number of benzene rings is 1. The summed E-state index contributed by atoms with van der Waals surface area (Å²) in [7, 11) is 1.67. The first-order valence-corrected chi connectivity index (χ1v) is 13.1. The predicted octanol–water partition coefficient (Wildman–Crippen LogP) is 4.89. The van der Waals surface area contributed by atoms with Crippen molar-refractivity contribution in [2.45, 2.75) is 31.1 Å². The summed E-state index contributed by atoms with van der Waals surface area (Å²) in [5.74, 6) is 0.429. The molecule has 3 unspecified atom stereocenters. The zero-order valence-electron chi connectivity index (χ0n) is 20.5. The van der Waals surface area contributed by atoms with Crippen LogP contribution in [0.2, 0.25) is 0 Å². The standard InChI is InChI=1S/C24H28N6O2S2.3ClH/c1-15-13-30(14-27-15)17-4-3-5-18-22(17)29-24(33-18)21-16-6-8-26-12-19(16)34-23(21)28-20(31)7-9-25-10-11-32-2;;;/h3-5,8,12-14,16,21,23,25H,6-7,9-11H2,1-2H3,(H,28,31);3*1H. The van der Waals surface area contributed by atoms with Crippen LogP contribution in [-0.4, -0.2) is 58.8 Å². The maximum absolute atomic E-state index is 12.8. The van der Waals surface area contributed by atoms with E-state index in [9.17, 15) is 4.79 Å². The van der Waals surface area contributed by atoms with Gasteiger partial charge >= 0.3 is 0 Å². The second-order valence-corrected chi connectivity index (χ2v) is 10.7. The van der Waals surface area contributed by atoms with Crippen LogP contribution in [0.3, 0.4) is 0 Å². The molecular weight excluding hydrogens is 575 g/mol. The summed E-state index contributed by atoms with van der Waals surface area (Å²) in [5.41, 5.74) is 2.96. The highest BCUT2D eigenvalue weighted by Gasteiger charge is 2.44. The van der Waals surface area contributed by atoms with Gasteiger partial charge in [0.05, 0.1) is 34.4 Å². The van der Waals surface area contributed by atoms with E-state index >= 15 is 0 Å². The number of amides is 1. The fourth-order valence-electron chi connectivity index (χ4n) is 4.39. The van der Waals surface area contributed by atoms with Gasteiger partial charge in [-0.15, -0.1) is 60.3 Å². The smallest absolute Gasteiger partial charge is 0.222 e. The first kappa shape index (κ1) is 31.6. The van der Waals surface area contributed by atoms with Crippen molar-refractivity contribution in [3.8, 4) is 5.69 Å². The summed E-state index contributed by atoms with van der Waals surface area (Å²) in [6.45, 7) is 3.98. The normalized spacial score (nSPS) is 19.8. The Morgan fingerprint density at radius 1 is 1.24 bits per heavy atom. The van der Waals surface area contributed by atoms with Gasteiger partial charge in [-0.25, -0.2) is 9.97 Å². The molecule has 0 radical (unpaired) electrons. The number of nitrogens with one attached hydrogen (secondary N) is 2. The zero-order valence-corrected chi connectivity index (χ0v) is 24.5. The molecule has 0 spiro atoms. The fourth-order valence-corrected chi connectivity index (χ4v) is 7.16. The molecule has 2 aromatic heterocycles. The molecule has 0 aliphatic carbocycles. The number of aryl methyl sites for hydroxylation is 1. The molecule has 2 N–H and O–H groups in total. The van der Waals surface area contributed by atoms with Crippen LogP contribution >= 0.6 is 60.3 Å².